The molecular weight excluding hydrogens is 232 g/mol. The standard InChI is InChI=1S/C13H16N2O3/c1-8-11(16-2)5-4-9(13(8)17-3)10-7-18-12(6-14)15-10/h4-5,7H,6,14H2,1-3H3. The first-order chi connectivity index (χ1) is 8.71. The van der Waals surface area contributed by atoms with Gasteiger partial charge < -0.3 is 19.6 Å². The number of hydrogen-bond donors (Lipinski definition) is 1. The van der Waals surface area contributed by atoms with Crippen LogP contribution in [-0.2, 0) is 6.54 Å². The summed E-state index contributed by atoms with van der Waals surface area (Å²) in [7, 11) is 3.25. The predicted molar refractivity (Wildman–Crippen MR) is 67.7 cm³/mol. The van der Waals surface area contributed by atoms with Crippen LogP contribution in [-0.4, -0.2) is 19.2 Å². The number of methoxy groups -OCH3 is 2. The zero-order valence-corrected chi connectivity index (χ0v) is 10.7. The van der Waals surface area contributed by atoms with Crippen molar-refractivity contribution in [2.45, 2.75) is 13.5 Å². The van der Waals surface area contributed by atoms with Gasteiger partial charge in [-0.3, -0.25) is 0 Å². The van der Waals surface area contributed by atoms with Crippen LogP contribution < -0.4 is 15.2 Å². The third-order valence-corrected chi connectivity index (χ3v) is 2.78. The summed E-state index contributed by atoms with van der Waals surface area (Å²) < 4.78 is 15.9. The van der Waals surface area contributed by atoms with Gasteiger partial charge in [0.1, 0.15) is 23.5 Å². The highest BCUT2D eigenvalue weighted by molar-refractivity contribution is 5.70. The van der Waals surface area contributed by atoms with Gasteiger partial charge in [0, 0.05) is 11.1 Å². The number of rotatable bonds is 4. The van der Waals surface area contributed by atoms with Gasteiger partial charge in [0.15, 0.2) is 0 Å². The van der Waals surface area contributed by atoms with Crippen molar-refractivity contribution in [2.24, 2.45) is 5.73 Å². The van der Waals surface area contributed by atoms with E-state index in [-0.39, 0.29) is 6.54 Å². The number of oxazole rings is 1. The third kappa shape index (κ3) is 2.04. The van der Waals surface area contributed by atoms with Crippen LogP contribution >= 0.6 is 0 Å². The Bertz CT molecular complexity index is 549. The Kier molecular flexibility index (Phi) is 3.53. The third-order valence-electron chi connectivity index (χ3n) is 2.78. The average molecular weight is 248 g/mol. The molecule has 0 spiro atoms. The van der Waals surface area contributed by atoms with E-state index in [1.807, 2.05) is 19.1 Å². The van der Waals surface area contributed by atoms with E-state index < -0.39 is 0 Å². The summed E-state index contributed by atoms with van der Waals surface area (Å²) in [6.07, 6.45) is 1.58. The molecular formula is C13H16N2O3. The lowest BCUT2D eigenvalue weighted by Crippen LogP contribution is -1.97. The largest absolute Gasteiger partial charge is 0.496 e. The van der Waals surface area contributed by atoms with E-state index in [9.17, 15) is 0 Å². The topological polar surface area (TPSA) is 70.5 Å². The molecule has 1 heterocycles. The Labute approximate surface area is 106 Å². The molecule has 0 aliphatic heterocycles. The minimum Gasteiger partial charge on any atom is -0.496 e. The quantitative estimate of drug-likeness (QED) is 0.897. The molecule has 0 aliphatic carbocycles. The normalized spacial score (nSPS) is 10.4. The van der Waals surface area contributed by atoms with Crippen LogP contribution in [0.25, 0.3) is 11.3 Å². The van der Waals surface area contributed by atoms with E-state index >= 15 is 0 Å². The molecule has 5 nitrogen and oxygen atoms in total. The lowest BCUT2D eigenvalue weighted by molar-refractivity contribution is 0.390. The van der Waals surface area contributed by atoms with E-state index in [0.717, 1.165) is 22.6 Å². The van der Waals surface area contributed by atoms with Crippen LogP contribution in [0.3, 0.4) is 0 Å². The Morgan fingerprint density at radius 1 is 1.28 bits per heavy atom. The lowest BCUT2D eigenvalue weighted by atomic mass is 10.1. The molecule has 0 atom stereocenters. The van der Waals surface area contributed by atoms with Crippen molar-refractivity contribution in [1.82, 2.24) is 4.98 Å². The fourth-order valence-corrected chi connectivity index (χ4v) is 1.89. The minimum absolute atomic E-state index is 0.275. The molecule has 0 saturated heterocycles. The zero-order valence-electron chi connectivity index (χ0n) is 10.7. The number of aromatic nitrogens is 1. The second kappa shape index (κ2) is 5.10. The maximum atomic E-state index is 5.48. The molecule has 0 aliphatic rings. The first-order valence-corrected chi connectivity index (χ1v) is 5.57. The number of hydrogen-bond acceptors (Lipinski definition) is 5. The molecule has 18 heavy (non-hydrogen) atoms. The molecule has 5 heteroatoms. The minimum atomic E-state index is 0.275. The molecule has 0 amide bonds. The highest BCUT2D eigenvalue weighted by Crippen LogP contribution is 2.37. The summed E-state index contributed by atoms with van der Waals surface area (Å²) in [5, 5.41) is 0. The van der Waals surface area contributed by atoms with E-state index in [2.05, 4.69) is 4.98 Å². The van der Waals surface area contributed by atoms with Gasteiger partial charge in [-0.15, -0.1) is 0 Å². The fraction of sp³-hybridized carbons (Fsp3) is 0.308. The number of ether oxygens (including phenoxy) is 2. The molecule has 1 aromatic carbocycles. The summed E-state index contributed by atoms with van der Waals surface area (Å²) >= 11 is 0. The second-order valence-electron chi connectivity index (χ2n) is 3.80. The van der Waals surface area contributed by atoms with Crippen molar-refractivity contribution in [2.75, 3.05) is 14.2 Å². The van der Waals surface area contributed by atoms with Gasteiger partial charge in [0.2, 0.25) is 5.89 Å². The van der Waals surface area contributed by atoms with Crippen LogP contribution in [0.5, 0.6) is 11.5 Å². The van der Waals surface area contributed by atoms with E-state index in [4.69, 9.17) is 19.6 Å². The fourth-order valence-electron chi connectivity index (χ4n) is 1.89. The molecule has 0 saturated carbocycles. The number of benzene rings is 1. The highest BCUT2D eigenvalue weighted by atomic mass is 16.5. The molecule has 0 unspecified atom stereocenters. The van der Waals surface area contributed by atoms with Crippen molar-refractivity contribution < 1.29 is 13.9 Å². The van der Waals surface area contributed by atoms with E-state index in [1.54, 1.807) is 20.5 Å². The molecule has 96 valence electrons. The molecule has 2 rings (SSSR count). The van der Waals surface area contributed by atoms with Crippen molar-refractivity contribution >= 4 is 0 Å². The molecule has 1 aromatic heterocycles. The Morgan fingerprint density at radius 3 is 2.61 bits per heavy atom. The molecule has 0 fully saturated rings. The van der Waals surface area contributed by atoms with Gasteiger partial charge in [-0.1, -0.05) is 0 Å². The number of nitrogens with two attached hydrogens (primary N) is 1. The van der Waals surface area contributed by atoms with Crippen LogP contribution in [0.4, 0.5) is 0 Å². The average Bonchev–Trinajstić information content (AvgIpc) is 2.87. The summed E-state index contributed by atoms with van der Waals surface area (Å²) in [6, 6.07) is 3.77. The van der Waals surface area contributed by atoms with Crippen LogP contribution in [0.2, 0.25) is 0 Å². The maximum absolute atomic E-state index is 5.48. The van der Waals surface area contributed by atoms with Crippen molar-refractivity contribution in [3.8, 4) is 22.8 Å². The number of nitrogens with zero attached hydrogens (tertiary/aromatic N) is 1. The Balaban J connectivity index is 2.53. The first-order valence-electron chi connectivity index (χ1n) is 5.57. The van der Waals surface area contributed by atoms with E-state index in [0.29, 0.717) is 11.6 Å². The summed E-state index contributed by atoms with van der Waals surface area (Å²) in [4.78, 5) is 4.29. The molecule has 0 radical (unpaired) electrons. The van der Waals surface area contributed by atoms with Gasteiger partial charge in [-0.2, -0.15) is 0 Å². The van der Waals surface area contributed by atoms with Gasteiger partial charge in [0.25, 0.3) is 0 Å². The smallest absolute Gasteiger partial charge is 0.208 e. The van der Waals surface area contributed by atoms with Gasteiger partial charge in [0.05, 0.1) is 20.8 Å². The van der Waals surface area contributed by atoms with E-state index in [1.165, 1.54) is 0 Å². The summed E-state index contributed by atoms with van der Waals surface area (Å²) in [5.74, 6) is 2.00. The highest BCUT2D eigenvalue weighted by Gasteiger charge is 2.15. The Hall–Kier alpha value is -2.01. The maximum Gasteiger partial charge on any atom is 0.208 e. The molecule has 2 N–H and O–H groups in total. The first kappa shape index (κ1) is 12.4. The SMILES string of the molecule is COc1ccc(-c2coc(CN)n2)c(OC)c1C. The monoisotopic (exact) mass is 248 g/mol. The van der Waals surface area contributed by atoms with Crippen LogP contribution in [0, 0.1) is 6.92 Å². The van der Waals surface area contributed by atoms with Crippen molar-refractivity contribution in [3.63, 3.8) is 0 Å². The van der Waals surface area contributed by atoms with Crippen LogP contribution in [0.1, 0.15) is 11.5 Å². The van der Waals surface area contributed by atoms with Gasteiger partial charge in [-0.05, 0) is 19.1 Å². The zero-order chi connectivity index (χ0) is 13.1. The predicted octanol–water partition coefficient (Wildman–Crippen LogP) is 2.13. The lowest BCUT2D eigenvalue weighted by Gasteiger charge is -2.12. The van der Waals surface area contributed by atoms with Crippen LogP contribution in [0.15, 0.2) is 22.8 Å². The molecule has 2 aromatic rings. The summed E-state index contributed by atoms with van der Waals surface area (Å²) in [5.41, 5.74) is 7.97. The van der Waals surface area contributed by atoms with Crippen molar-refractivity contribution in [3.05, 3.63) is 29.9 Å². The van der Waals surface area contributed by atoms with Gasteiger partial charge in [-0.25, -0.2) is 4.98 Å². The summed E-state index contributed by atoms with van der Waals surface area (Å²) in [6.45, 7) is 2.21. The second-order valence-corrected chi connectivity index (χ2v) is 3.80. The Morgan fingerprint density at radius 2 is 2.06 bits per heavy atom. The van der Waals surface area contributed by atoms with Crippen molar-refractivity contribution in [1.29, 1.82) is 0 Å². The molecule has 0 bridgehead atoms. The van der Waals surface area contributed by atoms with Gasteiger partial charge >= 0.3 is 0 Å².